The fraction of sp³-hybridized carbons (Fsp3) is 0.320. The van der Waals surface area contributed by atoms with E-state index in [4.69, 9.17) is 26.1 Å². The van der Waals surface area contributed by atoms with Gasteiger partial charge in [0.25, 0.3) is 0 Å². The van der Waals surface area contributed by atoms with Crippen molar-refractivity contribution in [1.29, 1.82) is 0 Å². The molecule has 0 amide bonds. The molecule has 4 aromatic rings. The van der Waals surface area contributed by atoms with E-state index < -0.39 is 0 Å². The standard InChI is InChI=1S/C25H25ClN4O3/c1-3-30-18(13-20(28-30)19-8-7-17(26)12-23(19)32-2)14-25(31)33-15-16-6-9-22-21(11-16)27-24-5-4-10-29(22)24/h6-9,11-13H,3-5,10,14-15H2,1-2H3. The SMILES string of the molecule is CCn1nc(-c2ccc(Cl)cc2OC)cc1CC(=O)OCc1ccc2c(c1)nc1n2CCC1. The zero-order valence-electron chi connectivity index (χ0n) is 18.7. The first kappa shape index (κ1) is 21.5. The normalized spacial score (nSPS) is 12.8. The third-order valence-electron chi connectivity index (χ3n) is 6.00. The molecule has 5 rings (SSSR count). The Kier molecular flexibility index (Phi) is 5.81. The molecule has 0 unspecified atom stereocenters. The van der Waals surface area contributed by atoms with E-state index in [1.165, 1.54) is 0 Å². The topological polar surface area (TPSA) is 71.2 Å². The van der Waals surface area contributed by atoms with E-state index in [2.05, 4.69) is 15.7 Å². The molecule has 1 aliphatic heterocycles. The predicted octanol–water partition coefficient (Wildman–Crippen LogP) is 4.81. The monoisotopic (exact) mass is 464 g/mol. The maximum Gasteiger partial charge on any atom is 0.312 e. The molecule has 0 saturated heterocycles. The molecule has 0 atom stereocenters. The lowest BCUT2D eigenvalue weighted by Crippen LogP contribution is -2.12. The van der Waals surface area contributed by atoms with Gasteiger partial charge >= 0.3 is 5.97 Å². The van der Waals surface area contributed by atoms with E-state index in [1.807, 2.05) is 35.9 Å². The highest BCUT2D eigenvalue weighted by atomic mass is 35.5. The lowest BCUT2D eigenvalue weighted by atomic mass is 10.1. The Bertz CT molecular complexity index is 1340. The molecule has 0 N–H and O–H groups in total. The first-order chi connectivity index (χ1) is 16.1. The second kappa shape index (κ2) is 8.90. The summed E-state index contributed by atoms with van der Waals surface area (Å²) in [5.41, 5.74) is 5.38. The van der Waals surface area contributed by atoms with Crippen molar-refractivity contribution in [2.45, 2.75) is 45.9 Å². The minimum Gasteiger partial charge on any atom is -0.496 e. The Balaban J connectivity index is 1.28. The van der Waals surface area contributed by atoms with Crippen molar-refractivity contribution in [3.05, 3.63) is 64.6 Å². The van der Waals surface area contributed by atoms with E-state index >= 15 is 0 Å². The molecule has 7 nitrogen and oxygen atoms in total. The van der Waals surface area contributed by atoms with Gasteiger partial charge < -0.3 is 14.0 Å². The first-order valence-corrected chi connectivity index (χ1v) is 11.5. The van der Waals surface area contributed by atoms with Crippen LogP contribution in [0.3, 0.4) is 0 Å². The summed E-state index contributed by atoms with van der Waals surface area (Å²) in [6, 6.07) is 13.4. The zero-order valence-corrected chi connectivity index (χ0v) is 19.4. The number of methoxy groups -OCH3 is 1. The van der Waals surface area contributed by atoms with Crippen molar-refractivity contribution >= 4 is 28.6 Å². The Morgan fingerprint density at radius 1 is 1.18 bits per heavy atom. The van der Waals surface area contributed by atoms with Gasteiger partial charge in [-0.25, -0.2) is 4.98 Å². The molecule has 0 aliphatic carbocycles. The van der Waals surface area contributed by atoms with E-state index in [0.29, 0.717) is 17.3 Å². The van der Waals surface area contributed by atoms with Crippen molar-refractivity contribution in [3.8, 4) is 17.0 Å². The Labute approximate surface area is 196 Å². The fourth-order valence-corrected chi connectivity index (χ4v) is 4.56. The number of halogens is 1. The number of esters is 1. The van der Waals surface area contributed by atoms with Crippen molar-refractivity contribution < 1.29 is 14.3 Å². The number of rotatable bonds is 7. The van der Waals surface area contributed by atoms with Gasteiger partial charge in [0.2, 0.25) is 0 Å². The molecule has 2 aromatic heterocycles. The molecular weight excluding hydrogens is 440 g/mol. The maximum atomic E-state index is 12.6. The molecule has 0 radical (unpaired) electrons. The minimum atomic E-state index is -0.299. The molecule has 0 spiro atoms. The van der Waals surface area contributed by atoms with Crippen molar-refractivity contribution in [2.75, 3.05) is 7.11 Å². The Morgan fingerprint density at radius 3 is 2.88 bits per heavy atom. The predicted molar refractivity (Wildman–Crippen MR) is 126 cm³/mol. The van der Waals surface area contributed by atoms with Gasteiger partial charge in [-0.1, -0.05) is 17.7 Å². The number of benzene rings is 2. The van der Waals surface area contributed by atoms with Crippen LogP contribution in [0, 0.1) is 0 Å². The molecular formula is C25H25ClN4O3. The molecule has 3 heterocycles. The molecule has 33 heavy (non-hydrogen) atoms. The van der Waals surface area contributed by atoms with Gasteiger partial charge in [0.15, 0.2) is 0 Å². The molecule has 8 heteroatoms. The number of aryl methyl sites for hydroxylation is 3. The second-order valence-corrected chi connectivity index (χ2v) is 8.56. The third kappa shape index (κ3) is 4.20. The third-order valence-corrected chi connectivity index (χ3v) is 6.24. The summed E-state index contributed by atoms with van der Waals surface area (Å²) in [6.45, 7) is 3.87. The smallest absolute Gasteiger partial charge is 0.312 e. The van der Waals surface area contributed by atoms with Crippen LogP contribution in [0.1, 0.15) is 30.4 Å². The number of nitrogens with zero attached hydrogens (tertiary/aromatic N) is 4. The number of carbonyl (C=O) groups excluding carboxylic acids is 1. The summed E-state index contributed by atoms with van der Waals surface area (Å²) in [5.74, 6) is 1.48. The van der Waals surface area contributed by atoms with Crippen LogP contribution >= 0.6 is 11.6 Å². The van der Waals surface area contributed by atoms with Crippen LogP contribution in [0.5, 0.6) is 5.75 Å². The van der Waals surface area contributed by atoms with E-state index in [1.54, 1.807) is 19.2 Å². The van der Waals surface area contributed by atoms with Crippen LogP contribution in [0.4, 0.5) is 0 Å². The summed E-state index contributed by atoms with van der Waals surface area (Å²) in [7, 11) is 1.60. The van der Waals surface area contributed by atoms with Crippen LogP contribution in [0.15, 0.2) is 42.5 Å². The molecule has 0 bridgehead atoms. The number of aromatic nitrogens is 4. The first-order valence-electron chi connectivity index (χ1n) is 11.1. The van der Waals surface area contributed by atoms with Crippen molar-refractivity contribution in [3.63, 3.8) is 0 Å². The van der Waals surface area contributed by atoms with Crippen LogP contribution in [0.2, 0.25) is 5.02 Å². The van der Waals surface area contributed by atoms with Gasteiger partial charge in [-0.2, -0.15) is 5.10 Å². The molecule has 1 aliphatic rings. The number of carbonyl (C=O) groups is 1. The Morgan fingerprint density at radius 2 is 2.06 bits per heavy atom. The average molecular weight is 465 g/mol. The van der Waals surface area contributed by atoms with Gasteiger partial charge in [-0.05, 0) is 55.3 Å². The van der Waals surface area contributed by atoms with Crippen LogP contribution in [-0.4, -0.2) is 32.4 Å². The van der Waals surface area contributed by atoms with E-state index in [-0.39, 0.29) is 19.0 Å². The van der Waals surface area contributed by atoms with Crippen molar-refractivity contribution in [2.24, 2.45) is 0 Å². The largest absolute Gasteiger partial charge is 0.496 e. The van der Waals surface area contributed by atoms with Gasteiger partial charge in [-0.3, -0.25) is 9.48 Å². The highest BCUT2D eigenvalue weighted by Crippen LogP contribution is 2.32. The van der Waals surface area contributed by atoms with Gasteiger partial charge in [0, 0.05) is 30.1 Å². The average Bonchev–Trinajstić information content (AvgIpc) is 3.51. The lowest BCUT2D eigenvalue weighted by Gasteiger charge is -2.07. The summed E-state index contributed by atoms with van der Waals surface area (Å²) >= 11 is 6.08. The summed E-state index contributed by atoms with van der Waals surface area (Å²) in [5, 5.41) is 5.23. The number of imidazole rings is 1. The Hall–Kier alpha value is -3.32. The molecule has 2 aromatic carbocycles. The highest BCUT2D eigenvalue weighted by Gasteiger charge is 2.18. The maximum absolute atomic E-state index is 12.6. The minimum absolute atomic E-state index is 0.137. The number of hydrogen-bond donors (Lipinski definition) is 0. The van der Waals surface area contributed by atoms with E-state index in [9.17, 15) is 4.79 Å². The lowest BCUT2D eigenvalue weighted by molar-refractivity contribution is -0.144. The van der Waals surface area contributed by atoms with Crippen LogP contribution < -0.4 is 4.74 Å². The van der Waals surface area contributed by atoms with Crippen LogP contribution in [0.25, 0.3) is 22.3 Å². The molecule has 170 valence electrons. The van der Waals surface area contributed by atoms with Gasteiger partial charge in [0.1, 0.15) is 18.2 Å². The highest BCUT2D eigenvalue weighted by molar-refractivity contribution is 6.30. The van der Waals surface area contributed by atoms with E-state index in [0.717, 1.165) is 58.8 Å². The quantitative estimate of drug-likeness (QED) is 0.367. The molecule has 0 fully saturated rings. The molecule has 0 saturated carbocycles. The second-order valence-electron chi connectivity index (χ2n) is 8.13. The number of ether oxygens (including phenoxy) is 2. The van der Waals surface area contributed by atoms with Crippen LogP contribution in [-0.2, 0) is 42.1 Å². The van der Waals surface area contributed by atoms with Gasteiger partial charge in [-0.15, -0.1) is 0 Å². The summed E-state index contributed by atoms with van der Waals surface area (Å²) in [4.78, 5) is 17.3. The zero-order chi connectivity index (χ0) is 22.9. The van der Waals surface area contributed by atoms with Gasteiger partial charge in [0.05, 0.1) is 36.0 Å². The number of hydrogen-bond acceptors (Lipinski definition) is 5. The van der Waals surface area contributed by atoms with Crippen molar-refractivity contribution in [1.82, 2.24) is 19.3 Å². The summed E-state index contributed by atoms with van der Waals surface area (Å²) < 4.78 is 15.1. The fourth-order valence-electron chi connectivity index (χ4n) is 4.39. The number of fused-ring (bicyclic) bond motifs is 3. The summed E-state index contributed by atoms with van der Waals surface area (Å²) in [6.07, 6.45) is 2.31.